The molecule has 1 amide bonds. The molecule has 0 atom stereocenters. The number of aryl methyl sites for hydroxylation is 1. The average molecular weight is 369 g/mol. The molecule has 0 radical (unpaired) electrons. The second-order valence-corrected chi connectivity index (χ2v) is 7.10. The summed E-state index contributed by atoms with van der Waals surface area (Å²) in [4.78, 5) is 15.8. The molecule has 0 spiro atoms. The van der Waals surface area contributed by atoms with Gasteiger partial charge in [-0.05, 0) is 42.8 Å². The van der Waals surface area contributed by atoms with Crippen molar-refractivity contribution in [3.8, 4) is 17.2 Å². The van der Waals surface area contributed by atoms with Crippen molar-refractivity contribution in [2.24, 2.45) is 0 Å². The molecule has 6 heteroatoms. The molecular formula is C21H25N2O4+. The first-order chi connectivity index (χ1) is 13.2. The van der Waals surface area contributed by atoms with Gasteiger partial charge in [-0.3, -0.25) is 4.79 Å². The zero-order valence-electron chi connectivity index (χ0n) is 15.6. The number of nitrogens with zero attached hydrogens (tertiary/aromatic N) is 1. The lowest BCUT2D eigenvalue weighted by atomic mass is 10.1. The van der Waals surface area contributed by atoms with E-state index in [1.807, 2.05) is 42.2 Å². The first-order valence-corrected chi connectivity index (χ1v) is 9.37. The topological polar surface area (TPSA) is 52.4 Å². The summed E-state index contributed by atoms with van der Waals surface area (Å²) in [6.45, 7) is 6.73. The second-order valence-electron chi connectivity index (χ2n) is 7.10. The number of quaternary nitrogens is 1. The quantitative estimate of drug-likeness (QED) is 0.855. The van der Waals surface area contributed by atoms with E-state index in [0.29, 0.717) is 6.79 Å². The molecule has 2 aliphatic rings. The van der Waals surface area contributed by atoms with Crippen LogP contribution in [0.2, 0.25) is 0 Å². The Balaban J connectivity index is 1.24. The van der Waals surface area contributed by atoms with Crippen LogP contribution in [0.4, 0.5) is 0 Å². The number of rotatable bonds is 5. The van der Waals surface area contributed by atoms with Gasteiger partial charge in [0.05, 0.1) is 26.2 Å². The molecule has 0 unspecified atom stereocenters. The average Bonchev–Trinajstić information content (AvgIpc) is 3.15. The summed E-state index contributed by atoms with van der Waals surface area (Å²) < 4.78 is 16.5. The first kappa shape index (κ1) is 17.7. The first-order valence-electron chi connectivity index (χ1n) is 9.37. The van der Waals surface area contributed by atoms with Crippen LogP contribution in [0.1, 0.15) is 11.1 Å². The standard InChI is InChI=1S/C21H24N2O4/c1-16-3-2-4-18(11-16)25-14-21(24)23-9-7-22(8-10-23)13-17-5-6-19-20(12-17)27-15-26-19/h2-6,11-12H,7-10,13-15H2,1H3/p+1. The summed E-state index contributed by atoms with van der Waals surface area (Å²) in [5.74, 6) is 2.45. The summed E-state index contributed by atoms with van der Waals surface area (Å²) in [6.07, 6.45) is 0. The number of benzene rings is 2. The SMILES string of the molecule is Cc1cccc(OCC(=O)N2CC[NH+](Cc3ccc4c(c3)OCO4)CC2)c1. The molecule has 2 heterocycles. The smallest absolute Gasteiger partial charge is 0.260 e. The van der Waals surface area contributed by atoms with Crippen LogP contribution < -0.4 is 19.1 Å². The van der Waals surface area contributed by atoms with Gasteiger partial charge in [0.2, 0.25) is 6.79 Å². The third-order valence-electron chi connectivity index (χ3n) is 5.07. The molecule has 27 heavy (non-hydrogen) atoms. The van der Waals surface area contributed by atoms with Gasteiger partial charge in [0.15, 0.2) is 18.1 Å². The van der Waals surface area contributed by atoms with Crippen LogP contribution in [0, 0.1) is 6.92 Å². The number of nitrogens with one attached hydrogen (secondary N) is 1. The lowest BCUT2D eigenvalue weighted by molar-refractivity contribution is -0.917. The number of ether oxygens (including phenoxy) is 3. The van der Waals surface area contributed by atoms with Crippen molar-refractivity contribution in [1.82, 2.24) is 4.90 Å². The molecule has 6 nitrogen and oxygen atoms in total. The highest BCUT2D eigenvalue weighted by Crippen LogP contribution is 2.32. The van der Waals surface area contributed by atoms with Crippen molar-refractivity contribution in [3.63, 3.8) is 0 Å². The Morgan fingerprint density at radius 1 is 1.11 bits per heavy atom. The molecule has 2 aliphatic heterocycles. The molecule has 4 rings (SSSR count). The minimum Gasteiger partial charge on any atom is -0.484 e. The maximum Gasteiger partial charge on any atom is 0.260 e. The maximum absolute atomic E-state index is 12.4. The molecule has 0 aliphatic carbocycles. The molecule has 142 valence electrons. The van der Waals surface area contributed by atoms with Crippen molar-refractivity contribution in [2.45, 2.75) is 13.5 Å². The molecule has 2 aromatic rings. The van der Waals surface area contributed by atoms with Crippen LogP contribution in [-0.2, 0) is 11.3 Å². The van der Waals surface area contributed by atoms with E-state index in [0.717, 1.165) is 55.5 Å². The molecule has 0 bridgehead atoms. The predicted octanol–water partition coefficient (Wildman–Crippen LogP) is 1.03. The third kappa shape index (κ3) is 4.34. The summed E-state index contributed by atoms with van der Waals surface area (Å²) >= 11 is 0. The Kier molecular flexibility index (Phi) is 5.16. The molecule has 1 N–H and O–H groups in total. The number of fused-ring (bicyclic) bond motifs is 1. The predicted molar refractivity (Wildman–Crippen MR) is 100 cm³/mol. The van der Waals surface area contributed by atoms with Gasteiger partial charge >= 0.3 is 0 Å². The van der Waals surface area contributed by atoms with Crippen molar-refractivity contribution in [3.05, 3.63) is 53.6 Å². The zero-order valence-corrected chi connectivity index (χ0v) is 15.6. The van der Waals surface area contributed by atoms with E-state index in [4.69, 9.17) is 14.2 Å². The molecule has 0 saturated carbocycles. The van der Waals surface area contributed by atoms with E-state index >= 15 is 0 Å². The minimum atomic E-state index is 0.0543. The highest BCUT2D eigenvalue weighted by Gasteiger charge is 2.24. The highest BCUT2D eigenvalue weighted by atomic mass is 16.7. The van der Waals surface area contributed by atoms with Gasteiger partial charge in [0, 0.05) is 5.56 Å². The van der Waals surface area contributed by atoms with Crippen molar-refractivity contribution >= 4 is 5.91 Å². The highest BCUT2D eigenvalue weighted by molar-refractivity contribution is 5.77. The third-order valence-corrected chi connectivity index (χ3v) is 5.07. The van der Waals surface area contributed by atoms with Crippen LogP contribution in [-0.4, -0.2) is 50.4 Å². The summed E-state index contributed by atoms with van der Waals surface area (Å²) in [6, 6.07) is 13.9. The summed E-state index contributed by atoms with van der Waals surface area (Å²) in [5.41, 5.74) is 2.36. The van der Waals surface area contributed by atoms with Crippen LogP contribution in [0.15, 0.2) is 42.5 Å². The monoisotopic (exact) mass is 369 g/mol. The Labute approximate surface area is 159 Å². The van der Waals surface area contributed by atoms with E-state index in [-0.39, 0.29) is 12.5 Å². The van der Waals surface area contributed by atoms with Gasteiger partial charge in [-0.1, -0.05) is 12.1 Å². The number of carbonyl (C=O) groups excluding carboxylic acids is 1. The second kappa shape index (κ2) is 7.88. The van der Waals surface area contributed by atoms with Crippen LogP contribution in [0.25, 0.3) is 0 Å². The lowest BCUT2D eigenvalue weighted by Gasteiger charge is -2.32. The van der Waals surface area contributed by atoms with E-state index in [1.165, 1.54) is 10.5 Å². The van der Waals surface area contributed by atoms with Crippen molar-refractivity contribution < 1.29 is 23.9 Å². The fourth-order valence-electron chi connectivity index (χ4n) is 3.53. The fraction of sp³-hybridized carbons (Fsp3) is 0.381. The minimum absolute atomic E-state index is 0.0543. The van der Waals surface area contributed by atoms with Gasteiger partial charge < -0.3 is 24.0 Å². The van der Waals surface area contributed by atoms with Gasteiger partial charge in [0.1, 0.15) is 12.3 Å². The van der Waals surface area contributed by atoms with Crippen LogP contribution in [0.3, 0.4) is 0 Å². The summed E-state index contributed by atoms with van der Waals surface area (Å²) in [5, 5.41) is 0. The van der Waals surface area contributed by atoms with Gasteiger partial charge in [-0.15, -0.1) is 0 Å². The molecule has 1 saturated heterocycles. The maximum atomic E-state index is 12.4. The molecular weight excluding hydrogens is 344 g/mol. The molecule has 1 fully saturated rings. The normalized spacial score (nSPS) is 16.4. The Bertz CT molecular complexity index is 816. The van der Waals surface area contributed by atoms with Gasteiger partial charge in [0.25, 0.3) is 5.91 Å². The van der Waals surface area contributed by atoms with E-state index in [9.17, 15) is 4.79 Å². The van der Waals surface area contributed by atoms with Crippen LogP contribution >= 0.6 is 0 Å². The van der Waals surface area contributed by atoms with E-state index in [1.54, 1.807) is 0 Å². The number of hydrogen-bond acceptors (Lipinski definition) is 4. The number of hydrogen-bond donors (Lipinski definition) is 1. The van der Waals surface area contributed by atoms with Crippen LogP contribution in [0.5, 0.6) is 17.2 Å². The zero-order chi connectivity index (χ0) is 18.6. The number of piperazine rings is 1. The number of carbonyl (C=O) groups is 1. The summed E-state index contributed by atoms with van der Waals surface area (Å²) in [7, 11) is 0. The Morgan fingerprint density at radius 2 is 1.93 bits per heavy atom. The largest absolute Gasteiger partial charge is 0.484 e. The van der Waals surface area contributed by atoms with E-state index in [2.05, 4.69) is 12.1 Å². The molecule has 2 aromatic carbocycles. The lowest BCUT2D eigenvalue weighted by Crippen LogP contribution is -3.13. The molecule has 0 aromatic heterocycles. The van der Waals surface area contributed by atoms with Gasteiger partial charge in [-0.2, -0.15) is 0 Å². The van der Waals surface area contributed by atoms with Crippen molar-refractivity contribution in [2.75, 3.05) is 39.6 Å². The Hall–Kier alpha value is -2.73. The Morgan fingerprint density at radius 3 is 2.74 bits per heavy atom. The van der Waals surface area contributed by atoms with Crippen molar-refractivity contribution in [1.29, 1.82) is 0 Å². The number of amides is 1. The van der Waals surface area contributed by atoms with Gasteiger partial charge in [-0.25, -0.2) is 0 Å². The van der Waals surface area contributed by atoms with E-state index < -0.39 is 0 Å². The fourth-order valence-corrected chi connectivity index (χ4v) is 3.53.